The van der Waals surface area contributed by atoms with Crippen LogP contribution in [0.4, 0.5) is 5.69 Å². The molecule has 0 fully saturated rings. The fourth-order valence-electron chi connectivity index (χ4n) is 2.21. The van der Waals surface area contributed by atoms with Crippen LogP contribution in [-0.4, -0.2) is 38.9 Å². The number of nitrogens with zero attached hydrogens (tertiary/aromatic N) is 2. The number of aromatic hydroxyl groups is 1. The van der Waals surface area contributed by atoms with Crippen molar-refractivity contribution >= 4 is 21.9 Å². The molecule has 0 aliphatic heterocycles. The van der Waals surface area contributed by atoms with Crippen molar-refractivity contribution in [2.75, 3.05) is 14.2 Å². The van der Waals surface area contributed by atoms with Gasteiger partial charge in [0, 0.05) is 0 Å². The Morgan fingerprint density at radius 2 is 1.85 bits per heavy atom. The van der Waals surface area contributed by atoms with Gasteiger partial charge in [-0.2, -0.15) is 18.4 Å². The Labute approximate surface area is 155 Å². The third kappa shape index (κ3) is 4.44. The van der Waals surface area contributed by atoms with E-state index in [4.69, 9.17) is 9.47 Å². The number of rotatable bonds is 7. The van der Waals surface area contributed by atoms with Gasteiger partial charge in [-0.3, -0.25) is 10.1 Å². The molecule has 0 unspecified atom stereocenters. The standard InChI is InChI=1S/C16H17N3O7S/c1-10-4-5-14(25-2)16(6-10)27(23,24)18-17-9-11-7-13(20)15(26-3)8-12(11)19(21)22/h4-9,18,20H,1-3H3/b17-9+. The lowest BCUT2D eigenvalue weighted by Gasteiger charge is -2.09. The minimum atomic E-state index is -4.08. The molecule has 0 saturated heterocycles. The van der Waals surface area contributed by atoms with Crippen LogP contribution in [0.25, 0.3) is 0 Å². The largest absolute Gasteiger partial charge is 0.504 e. The third-order valence-corrected chi connectivity index (χ3v) is 4.75. The summed E-state index contributed by atoms with van der Waals surface area (Å²) in [4.78, 5) is 12.3. The first-order chi connectivity index (χ1) is 12.7. The summed E-state index contributed by atoms with van der Waals surface area (Å²) in [6, 6.07) is 6.64. The van der Waals surface area contributed by atoms with Crippen molar-refractivity contribution in [2.45, 2.75) is 11.8 Å². The molecule has 27 heavy (non-hydrogen) atoms. The first-order valence-corrected chi connectivity index (χ1v) is 8.93. The number of sulfonamides is 1. The molecule has 0 aliphatic carbocycles. The summed E-state index contributed by atoms with van der Waals surface area (Å²) in [7, 11) is -1.51. The Hall–Kier alpha value is -3.34. The summed E-state index contributed by atoms with van der Waals surface area (Å²) in [6.07, 6.45) is 0.914. The molecule has 2 N–H and O–H groups in total. The van der Waals surface area contributed by atoms with Crippen LogP contribution < -0.4 is 14.3 Å². The minimum Gasteiger partial charge on any atom is -0.504 e. The number of aryl methyl sites for hydroxylation is 1. The summed E-state index contributed by atoms with van der Waals surface area (Å²) in [5.74, 6) is -0.326. The maximum Gasteiger partial charge on any atom is 0.282 e. The second-order valence-electron chi connectivity index (χ2n) is 5.35. The van der Waals surface area contributed by atoms with Crippen molar-refractivity contribution in [3.05, 3.63) is 51.6 Å². The number of phenols is 1. The van der Waals surface area contributed by atoms with Gasteiger partial charge in [0.1, 0.15) is 10.6 Å². The smallest absolute Gasteiger partial charge is 0.282 e. The Morgan fingerprint density at radius 3 is 2.44 bits per heavy atom. The second-order valence-corrected chi connectivity index (χ2v) is 6.98. The van der Waals surface area contributed by atoms with E-state index in [1.165, 1.54) is 26.4 Å². The molecule has 0 heterocycles. The summed E-state index contributed by atoms with van der Waals surface area (Å²) >= 11 is 0. The predicted molar refractivity (Wildman–Crippen MR) is 97.0 cm³/mol. The van der Waals surface area contributed by atoms with E-state index in [2.05, 4.69) is 5.10 Å². The van der Waals surface area contributed by atoms with Gasteiger partial charge in [0.2, 0.25) is 0 Å². The van der Waals surface area contributed by atoms with Gasteiger partial charge >= 0.3 is 0 Å². The zero-order chi connectivity index (χ0) is 20.2. The maximum absolute atomic E-state index is 12.4. The van der Waals surface area contributed by atoms with Crippen molar-refractivity contribution in [3.8, 4) is 17.2 Å². The lowest BCUT2D eigenvalue weighted by Crippen LogP contribution is -2.19. The second kappa shape index (κ2) is 7.91. The molecule has 144 valence electrons. The van der Waals surface area contributed by atoms with E-state index >= 15 is 0 Å². The van der Waals surface area contributed by atoms with Gasteiger partial charge in [-0.05, 0) is 30.7 Å². The van der Waals surface area contributed by atoms with E-state index in [1.54, 1.807) is 13.0 Å². The van der Waals surface area contributed by atoms with Gasteiger partial charge in [0.25, 0.3) is 15.7 Å². The number of phenolic OH excluding ortho intramolecular Hbond substituents is 1. The fourth-order valence-corrected chi connectivity index (χ4v) is 3.25. The fraction of sp³-hybridized carbons (Fsp3) is 0.188. The van der Waals surface area contributed by atoms with E-state index in [0.29, 0.717) is 5.56 Å². The summed E-state index contributed by atoms with van der Waals surface area (Å²) in [5, 5.41) is 24.5. The first-order valence-electron chi connectivity index (χ1n) is 7.44. The van der Waals surface area contributed by atoms with Gasteiger partial charge in [-0.1, -0.05) is 6.07 Å². The summed E-state index contributed by atoms with van der Waals surface area (Å²) in [6.45, 7) is 1.71. The molecule has 0 atom stereocenters. The Balaban J connectivity index is 2.36. The number of nitrogens with one attached hydrogen (secondary N) is 1. The summed E-state index contributed by atoms with van der Waals surface area (Å²) < 4.78 is 34.7. The first kappa shape index (κ1) is 20.0. The number of hydrogen-bond donors (Lipinski definition) is 2. The molecule has 0 saturated carbocycles. The molecular weight excluding hydrogens is 378 g/mol. The molecule has 10 nitrogen and oxygen atoms in total. The van der Waals surface area contributed by atoms with Crippen molar-refractivity contribution in [1.29, 1.82) is 0 Å². The monoisotopic (exact) mass is 395 g/mol. The van der Waals surface area contributed by atoms with Gasteiger partial charge in [-0.15, -0.1) is 0 Å². The molecule has 0 amide bonds. The number of nitro groups is 1. The van der Waals surface area contributed by atoms with Crippen LogP contribution in [0, 0.1) is 17.0 Å². The average molecular weight is 395 g/mol. The number of nitro benzene ring substituents is 1. The SMILES string of the molecule is COc1cc([N+](=O)[O-])c(/C=N/NS(=O)(=O)c2cc(C)ccc2OC)cc1O. The lowest BCUT2D eigenvalue weighted by atomic mass is 10.1. The van der Waals surface area contributed by atoms with Crippen LogP contribution in [0.15, 0.2) is 40.3 Å². The molecule has 0 bridgehead atoms. The number of methoxy groups -OCH3 is 2. The summed E-state index contributed by atoms with van der Waals surface area (Å²) in [5.41, 5.74) is 0.161. The van der Waals surface area contributed by atoms with Crippen molar-refractivity contribution < 1.29 is 27.9 Å². The van der Waals surface area contributed by atoms with Crippen molar-refractivity contribution in [1.82, 2.24) is 4.83 Å². The van der Waals surface area contributed by atoms with Gasteiger partial charge in [-0.25, -0.2) is 0 Å². The van der Waals surface area contributed by atoms with E-state index < -0.39 is 20.6 Å². The number of ether oxygens (including phenoxy) is 2. The van der Waals surface area contributed by atoms with E-state index in [0.717, 1.165) is 18.3 Å². The maximum atomic E-state index is 12.4. The Bertz CT molecular complexity index is 1000. The minimum absolute atomic E-state index is 0.0936. The molecule has 0 aromatic heterocycles. The molecule has 0 aliphatic rings. The van der Waals surface area contributed by atoms with Crippen molar-refractivity contribution in [3.63, 3.8) is 0 Å². The highest BCUT2D eigenvalue weighted by atomic mass is 32.2. The number of hydrogen-bond acceptors (Lipinski definition) is 8. The zero-order valence-corrected chi connectivity index (χ0v) is 15.5. The molecule has 11 heteroatoms. The number of hydrazone groups is 1. The highest BCUT2D eigenvalue weighted by Crippen LogP contribution is 2.32. The van der Waals surface area contributed by atoms with Crippen LogP contribution in [0.1, 0.15) is 11.1 Å². The van der Waals surface area contributed by atoms with Gasteiger partial charge < -0.3 is 14.6 Å². The Morgan fingerprint density at radius 1 is 1.19 bits per heavy atom. The highest BCUT2D eigenvalue weighted by molar-refractivity contribution is 7.89. The number of benzene rings is 2. The van der Waals surface area contributed by atoms with Crippen LogP contribution >= 0.6 is 0 Å². The average Bonchev–Trinajstić information content (AvgIpc) is 2.61. The van der Waals surface area contributed by atoms with Crippen LogP contribution in [0.5, 0.6) is 17.2 Å². The Kier molecular flexibility index (Phi) is 5.85. The highest BCUT2D eigenvalue weighted by Gasteiger charge is 2.20. The van der Waals surface area contributed by atoms with Crippen LogP contribution in [0.2, 0.25) is 0 Å². The quantitative estimate of drug-likeness (QED) is 0.415. The molecule has 0 radical (unpaired) electrons. The lowest BCUT2D eigenvalue weighted by molar-refractivity contribution is -0.385. The molecular formula is C16H17N3O7S. The molecule has 2 aromatic rings. The van der Waals surface area contributed by atoms with Crippen LogP contribution in [-0.2, 0) is 10.0 Å². The van der Waals surface area contributed by atoms with E-state index in [-0.39, 0.29) is 27.7 Å². The predicted octanol–water partition coefficient (Wildman–Crippen LogP) is 1.94. The molecule has 0 spiro atoms. The molecule has 2 rings (SSSR count). The topological polar surface area (TPSA) is 140 Å². The van der Waals surface area contributed by atoms with Gasteiger partial charge in [0.05, 0.1) is 37.0 Å². The van der Waals surface area contributed by atoms with Crippen molar-refractivity contribution in [2.24, 2.45) is 5.10 Å². The van der Waals surface area contributed by atoms with E-state index in [9.17, 15) is 23.6 Å². The molecule has 2 aromatic carbocycles. The third-order valence-electron chi connectivity index (χ3n) is 3.51. The van der Waals surface area contributed by atoms with Crippen LogP contribution in [0.3, 0.4) is 0 Å². The van der Waals surface area contributed by atoms with Gasteiger partial charge in [0.15, 0.2) is 11.5 Å². The normalized spacial score (nSPS) is 11.4. The zero-order valence-electron chi connectivity index (χ0n) is 14.7. The van der Waals surface area contributed by atoms with E-state index in [1.807, 2.05) is 4.83 Å².